The van der Waals surface area contributed by atoms with Crippen LogP contribution in [-0.4, -0.2) is 21.1 Å². The molecule has 1 heterocycles. The van der Waals surface area contributed by atoms with E-state index in [4.69, 9.17) is 21.1 Å². The molecule has 0 amide bonds. The molecule has 0 bridgehead atoms. The summed E-state index contributed by atoms with van der Waals surface area (Å²) in [6, 6.07) is 11.6. The van der Waals surface area contributed by atoms with Crippen LogP contribution in [0.3, 0.4) is 0 Å². The van der Waals surface area contributed by atoms with Crippen LogP contribution < -0.4 is 14.2 Å². The van der Waals surface area contributed by atoms with Crippen molar-refractivity contribution in [3.63, 3.8) is 0 Å². The molecule has 0 spiro atoms. The number of ether oxygens (including phenoxy) is 2. The Morgan fingerprint density at radius 2 is 1.93 bits per heavy atom. The summed E-state index contributed by atoms with van der Waals surface area (Å²) in [6.45, 7) is 4.12. The standard InChI is InChI=1S/C20H24ClNO4S/c1-4-20(5-2)13-17(15-8-6-7-9-18(15)26-20)22-27(23,24)14-10-11-19(25-3)16(21)12-14/h6-12,17,22H,4-5,13H2,1-3H3/t17-/m0/s1. The van der Waals surface area contributed by atoms with Gasteiger partial charge in [0.15, 0.2) is 0 Å². The fourth-order valence-corrected chi connectivity index (χ4v) is 5.04. The molecule has 5 nitrogen and oxygen atoms in total. The van der Waals surface area contributed by atoms with Gasteiger partial charge in [0.05, 0.1) is 23.1 Å². The fourth-order valence-electron chi connectivity index (χ4n) is 3.48. The van der Waals surface area contributed by atoms with Crippen molar-refractivity contribution < 1.29 is 17.9 Å². The van der Waals surface area contributed by atoms with Crippen LogP contribution in [0.2, 0.25) is 5.02 Å². The van der Waals surface area contributed by atoms with Gasteiger partial charge in [-0.05, 0) is 37.1 Å². The average Bonchev–Trinajstić information content (AvgIpc) is 2.67. The van der Waals surface area contributed by atoms with Crippen LogP contribution in [0.25, 0.3) is 0 Å². The Balaban J connectivity index is 1.96. The molecule has 0 aliphatic carbocycles. The first kappa shape index (κ1) is 20.0. The molecule has 2 aromatic carbocycles. The first-order valence-electron chi connectivity index (χ1n) is 8.98. The normalized spacial score (nSPS) is 18.4. The molecule has 0 fully saturated rings. The minimum Gasteiger partial charge on any atom is -0.495 e. The first-order valence-corrected chi connectivity index (χ1v) is 10.8. The zero-order chi connectivity index (χ0) is 19.7. The minimum absolute atomic E-state index is 0.107. The Morgan fingerprint density at radius 1 is 1.22 bits per heavy atom. The highest BCUT2D eigenvalue weighted by Gasteiger charge is 2.40. The number of methoxy groups -OCH3 is 1. The van der Waals surface area contributed by atoms with E-state index in [0.717, 1.165) is 24.2 Å². The Bertz CT molecular complexity index is 925. The molecule has 0 unspecified atom stereocenters. The van der Waals surface area contributed by atoms with Crippen LogP contribution in [0, 0.1) is 0 Å². The maximum Gasteiger partial charge on any atom is 0.241 e. The van der Waals surface area contributed by atoms with Gasteiger partial charge in [0.25, 0.3) is 0 Å². The lowest BCUT2D eigenvalue weighted by molar-refractivity contribution is 0.0260. The van der Waals surface area contributed by atoms with Gasteiger partial charge < -0.3 is 9.47 Å². The molecule has 1 aliphatic rings. The van der Waals surface area contributed by atoms with E-state index in [-0.39, 0.29) is 21.6 Å². The van der Waals surface area contributed by atoms with Gasteiger partial charge in [0, 0.05) is 12.0 Å². The van der Waals surface area contributed by atoms with Crippen LogP contribution in [0.5, 0.6) is 11.5 Å². The summed E-state index contributed by atoms with van der Waals surface area (Å²) in [4.78, 5) is 0.107. The van der Waals surface area contributed by atoms with Gasteiger partial charge in [0.2, 0.25) is 10.0 Å². The third-order valence-electron chi connectivity index (χ3n) is 5.22. The molecule has 146 valence electrons. The van der Waals surface area contributed by atoms with Crippen molar-refractivity contribution in [1.82, 2.24) is 4.72 Å². The van der Waals surface area contributed by atoms with Gasteiger partial charge in [-0.2, -0.15) is 0 Å². The zero-order valence-electron chi connectivity index (χ0n) is 15.7. The molecule has 27 heavy (non-hydrogen) atoms. The molecular weight excluding hydrogens is 386 g/mol. The summed E-state index contributed by atoms with van der Waals surface area (Å²) < 4.78 is 40.2. The van der Waals surface area contributed by atoms with Crippen molar-refractivity contribution in [2.75, 3.05) is 7.11 Å². The predicted octanol–water partition coefficient (Wildman–Crippen LogP) is 4.71. The Labute approximate surface area is 165 Å². The van der Waals surface area contributed by atoms with E-state index in [2.05, 4.69) is 18.6 Å². The van der Waals surface area contributed by atoms with E-state index in [9.17, 15) is 8.42 Å². The Kier molecular flexibility index (Phi) is 5.70. The first-order chi connectivity index (χ1) is 12.8. The lowest BCUT2D eigenvalue weighted by Gasteiger charge is -2.41. The summed E-state index contributed by atoms with van der Waals surface area (Å²) in [7, 11) is -2.27. The summed E-state index contributed by atoms with van der Waals surface area (Å²) in [5.74, 6) is 1.16. The van der Waals surface area contributed by atoms with Crippen LogP contribution in [-0.2, 0) is 10.0 Å². The van der Waals surface area contributed by atoms with Crippen LogP contribution in [0.15, 0.2) is 47.4 Å². The molecule has 0 radical (unpaired) electrons. The Hall–Kier alpha value is -1.76. The number of para-hydroxylation sites is 1. The van der Waals surface area contributed by atoms with Crippen LogP contribution in [0.4, 0.5) is 0 Å². The minimum atomic E-state index is -3.76. The highest BCUT2D eigenvalue weighted by Crippen LogP contribution is 2.43. The monoisotopic (exact) mass is 409 g/mol. The van der Waals surface area contributed by atoms with Crippen LogP contribution >= 0.6 is 11.6 Å². The second-order valence-corrected chi connectivity index (χ2v) is 8.83. The summed E-state index contributed by atoms with van der Waals surface area (Å²) in [5.41, 5.74) is 0.456. The molecule has 7 heteroatoms. The topological polar surface area (TPSA) is 64.6 Å². The van der Waals surface area contributed by atoms with Gasteiger partial charge in [-0.1, -0.05) is 43.6 Å². The number of rotatable bonds is 6. The van der Waals surface area contributed by atoms with E-state index < -0.39 is 10.0 Å². The van der Waals surface area contributed by atoms with E-state index in [0.29, 0.717) is 12.2 Å². The van der Waals surface area contributed by atoms with Crippen molar-refractivity contribution in [3.05, 3.63) is 53.1 Å². The second kappa shape index (κ2) is 7.70. The van der Waals surface area contributed by atoms with E-state index >= 15 is 0 Å². The lowest BCUT2D eigenvalue weighted by Crippen LogP contribution is -2.44. The molecule has 0 saturated carbocycles. The van der Waals surface area contributed by atoms with Gasteiger partial charge in [-0.15, -0.1) is 0 Å². The van der Waals surface area contributed by atoms with Gasteiger partial charge in [-0.25, -0.2) is 13.1 Å². The molecule has 0 aromatic heterocycles. The van der Waals surface area contributed by atoms with E-state index in [1.807, 2.05) is 24.3 Å². The highest BCUT2D eigenvalue weighted by atomic mass is 35.5. The highest BCUT2D eigenvalue weighted by molar-refractivity contribution is 7.89. The van der Waals surface area contributed by atoms with Gasteiger partial charge >= 0.3 is 0 Å². The maximum absolute atomic E-state index is 13.0. The molecule has 2 aromatic rings. The molecular formula is C20H24ClNO4S. The molecule has 0 saturated heterocycles. The molecule has 1 aliphatic heterocycles. The van der Waals surface area contributed by atoms with Crippen molar-refractivity contribution in [2.45, 2.75) is 49.6 Å². The largest absolute Gasteiger partial charge is 0.495 e. The number of hydrogen-bond donors (Lipinski definition) is 1. The molecule has 1 N–H and O–H groups in total. The van der Waals surface area contributed by atoms with Gasteiger partial charge in [0.1, 0.15) is 17.1 Å². The Morgan fingerprint density at radius 3 is 2.56 bits per heavy atom. The summed E-state index contributed by atoms with van der Waals surface area (Å²) in [5, 5.41) is 0.254. The average molecular weight is 410 g/mol. The van der Waals surface area contributed by atoms with E-state index in [1.54, 1.807) is 6.07 Å². The molecule has 1 atom stereocenters. The number of benzene rings is 2. The fraction of sp³-hybridized carbons (Fsp3) is 0.400. The predicted molar refractivity (Wildman–Crippen MR) is 106 cm³/mol. The van der Waals surface area contributed by atoms with Crippen molar-refractivity contribution in [3.8, 4) is 11.5 Å². The SMILES string of the molecule is CCC1(CC)C[C@H](NS(=O)(=O)c2ccc(OC)c(Cl)c2)c2ccccc2O1. The zero-order valence-corrected chi connectivity index (χ0v) is 17.2. The second-order valence-electron chi connectivity index (χ2n) is 6.70. The lowest BCUT2D eigenvalue weighted by atomic mass is 9.84. The summed E-state index contributed by atoms with van der Waals surface area (Å²) >= 11 is 6.11. The number of nitrogens with one attached hydrogen (secondary N) is 1. The van der Waals surface area contributed by atoms with E-state index in [1.165, 1.54) is 19.2 Å². The number of halogens is 1. The number of fused-ring (bicyclic) bond motifs is 1. The number of hydrogen-bond acceptors (Lipinski definition) is 4. The van der Waals surface area contributed by atoms with Gasteiger partial charge in [-0.3, -0.25) is 0 Å². The maximum atomic E-state index is 13.0. The van der Waals surface area contributed by atoms with Crippen LogP contribution in [0.1, 0.15) is 44.7 Å². The van der Waals surface area contributed by atoms with Crippen molar-refractivity contribution >= 4 is 21.6 Å². The third-order valence-corrected chi connectivity index (χ3v) is 6.98. The number of sulfonamides is 1. The van der Waals surface area contributed by atoms with Crippen molar-refractivity contribution in [1.29, 1.82) is 0 Å². The third kappa shape index (κ3) is 3.93. The summed E-state index contributed by atoms with van der Waals surface area (Å²) in [6.07, 6.45) is 2.16. The molecule has 3 rings (SSSR count). The quantitative estimate of drug-likeness (QED) is 0.750. The van der Waals surface area contributed by atoms with Crippen molar-refractivity contribution in [2.24, 2.45) is 0 Å². The smallest absolute Gasteiger partial charge is 0.241 e.